The number of fused-ring (bicyclic) bond motifs is 2. The third-order valence-corrected chi connectivity index (χ3v) is 14.2. The number of aromatic hydroxyl groups is 1. The summed E-state index contributed by atoms with van der Waals surface area (Å²) < 4.78 is 5.49. The molecule has 2 fully saturated rings. The van der Waals surface area contributed by atoms with Gasteiger partial charge in [-0.3, -0.25) is 9.59 Å². The molecule has 5 N–H and O–H groups in total. The average molecular weight is 813 g/mol. The van der Waals surface area contributed by atoms with Crippen LogP contribution in [0.15, 0.2) is 77.6 Å². The van der Waals surface area contributed by atoms with Crippen LogP contribution in [0.5, 0.6) is 11.5 Å². The van der Waals surface area contributed by atoms with Crippen molar-refractivity contribution in [1.29, 1.82) is 0 Å². The van der Waals surface area contributed by atoms with Gasteiger partial charge in [-0.25, -0.2) is 4.98 Å². The van der Waals surface area contributed by atoms with Crippen LogP contribution < -0.4 is 10.5 Å². The van der Waals surface area contributed by atoms with Crippen LogP contribution in [-0.2, 0) is 21.4 Å². The first-order valence-corrected chi connectivity index (χ1v) is 22.1. The minimum absolute atomic E-state index is 0.0273. The topological polar surface area (TPSA) is 155 Å². The second kappa shape index (κ2) is 18.8. The van der Waals surface area contributed by atoms with Gasteiger partial charge in [0, 0.05) is 30.4 Å². The van der Waals surface area contributed by atoms with E-state index in [-0.39, 0.29) is 47.5 Å². The second-order valence-electron chi connectivity index (χ2n) is 18.1. The van der Waals surface area contributed by atoms with Crippen molar-refractivity contribution >= 4 is 23.6 Å². The SMILES string of the molecule is CCCC(C(O)CC1=C[C+](C(C)C)C=N1)C1CC2C(=O)C(O)C(=O)CCc3cc(OC)c(O)cc3C(c3ccccc3)C#CC2CC(C2(c3ccnc(N)c3)CCCC2)C1. The molecule has 1 aliphatic heterocycles. The predicted octanol–water partition coefficient (Wildman–Crippen LogP) is 8.49. The summed E-state index contributed by atoms with van der Waals surface area (Å²) in [6.07, 6.45) is 11.2. The maximum Gasteiger partial charge on any atom is 0.177 e. The summed E-state index contributed by atoms with van der Waals surface area (Å²) in [5, 5.41) is 35.1. The number of Topliss-reactive ketones (excluding diaryl/α,β-unsaturated/α-hetero) is 2. The molecule has 9 nitrogen and oxygen atoms in total. The average Bonchev–Trinajstić information content (AvgIpc) is 3.90. The number of nitrogens with zero attached hydrogens (tertiary/aromatic N) is 2. The van der Waals surface area contributed by atoms with Crippen LogP contribution in [0.25, 0.3) is 0 Å². The highest BCUT2D eigenvalue weighted by Crippen LogP contribution is 2.55. The fourth-order valence-corrected chi connectivity index (χ4v) is 11.0. The number of ketones is 2. The van der Waals surface area contributed by atoms with Crippen molar-refractivity contribution in [3.8, 4) is 23.3 Å². The molecular formula is C51H62N3O6+. The van der Waals surface area contributed by atoms with Crippen molar-refractivity contribution in [3.05, 3.63) is 101 Å². The van der Waals surface area contributed by atoms with E-state index in [2.05, 4.69) is 49.7 Å². The number of phenols is 1. The van der Waals surface area contributed by atoms with Crippen molar-refractivity contribution in [1.82, 2.24) is 4.98 Å². The Kier molecular flexibility index (Phi) is 13.5. The Labute approximate surface area is 356 Å². The summed E-state index contributed by atoms with van der Waals surface area (Å²) in [5.74, 6) is 6.55. The first-order chi connectivity index (χ1) is 28.9. The number of phenolic OH excluding ortho intramolecular Hbond substituents is 1. The molecule has 0 amide bonds. The predicted molar refractivity (Wildman–Crippen MR) is 235 cm³/mol. The lowest BCUT2D eigenvalue weighted by Gasteiger charge is -2.41. The number of methoxy groups -OCH3 is 1. The van der Waals surface area contributed by atoms with Gasteiger partial charge in [0.2, 0.25) is 0 Å². The van der Waals surface area contributed by atoms with Gasteiger partial charge in [0.15, 0.2) is 34.9 Å². The minimum atomic E-state index is -1.80. The van der Waals surface area contributed by atoms with Gasteiger partial charge < -0.3 is 25.8 Å². The smallest absolute Gasteiger partial charge is 0.177 e. The Morgan fingerprint density at radius 1 is 1.02 bits per heavy atom. The first-order valence-electron chi connectivity index (χ1n) is 22.1. The van der Waals surface area contributed by atoms with Crippen LogP contribution in [-0.4, -0.2) is 57.4 Å². The molecule has 8 atom stereocenters. The number of carbonyl (C=O) groups is 2. The first kappa shape index (κ1) is 43.2. The monoisotopic (exact) mass is 812 g/mol. The van der Waals surface area contributed by atoms with E-state index >= 15 is 0 Å². The van der Waals surface area contributed by atoms with Gasteiger partial charge in [-0.1, -0.05) is 68.4 Å². The number of nitrogen functional groups attached to an aromatic ring is 1. The Bertz CT molecular complexity index is 2130. The van der Waals surface area contributed by atoms with Crippen molar-refractivity contribution < 1.29 is 29.6 Å². The van der Waals surface area contributed by atoms with Crippen LogP contribution in [0.2, 0.25) is 0 Å². The number of aliphatic imine (C=N–C) groups is 1. The number of hydrogen-bond acceptors (Lipinski definition) is 9. The molecule has 2 heterocycles. The number of ether oxygens (including phenoxy) is 1. The quantitative estimate of drug-likeness (QED) is 0.0854. The molecule has 7 rings (SSSR count). The van der Waals surface area contributed by atoms with Gasteiger partial charge >= 0.3 is 0 Å². The molecule has 3 aromatic rings. The van der Waals surface area contributed by atoms with Crippen molar-refractivity contribution in [3.63, 3.8) is 0 Å². The van der Waals surface area contributed by atoms with E-state index in [1.165, 1.54) is 7.11 Å². The number of hydrogen-bond donors (Lipinski definition) is 4. The van der Waals surface area contributed by atoms with Gasteiger partial charge in [-0.15, -0.1) is 4.99 Å². The summed E-state index contributed by atoms with van der Waals surface area (Å²) in [4.78, 5) is 37.9. The van der Waals surface area contributed by atoms with Crippen molar-refractivity contribution in [2.45, 2.75) is 121 Å². The molecule has 0 spiro atoms. The summed E-state index contributed by atoms with van der Waals surface area (Å²) in [5.41, 5.74) is 10.6. The zero-order chi connectivity index (χ0) is 42.6. The number of pyridine rings is 1. The van der Waals surface area contributed by atoms with Crippen LogP contribution in [0, 0.1) is 53.3 Å². The molecule has 1 aromatic heterocycles. The summed E-state index contributed by atoms with van der Waals surface area (Å²) in [7, 11) is 1.48. The fraction of sp³-hybridized carbons (Fsp3) is 0.510. The molecule has 2 saturated carbocycles. The summed E-state index contributed by atoms with van der Waals surface area (Å²) >= 11 is 0. The third kappa shape index (κ3) is 9.06. The van der Waals surface area contributed by atoms with E-state index < -0.39 is 41.5 Å². The van der Waals surface area contributed by atoms with Gasteiger partial charge in [-0.2, -0.15) is 0 Å². The lowest BCUT2D eigenvalue weighted by atomic mass is 9.63. The van der Waals surface area contributed by atoms with Gasteiger partial charge in [0.05, 0.1) is 25.6 Å². The van der Waals surface area contributed by atoms with Crippen molar-refractivity contribution in [2.24, 2.45) is 40.5 Å². The van der Waals surface area contributed by atoms with Gasteiger partial charge in [-0.05, 0) is 128 Å². The van der Waals surface area contributed by atoms with Gasteiger partial charge in [0.1, 0.15) is 24.0 Å². The highest BCUT2D eigenvalue weighted by atomic mass is 16.5. The number of allylic oxidation sites excluding steroid dienone is 1. The molecule has 316 valence electrons. The fourth-order valence-electron chi connectivity index (χ4n) is 11.0. The number of anilines is 1. The summed E-state index contributed by atoms with van der Waals surface area (Å²) in [6, 6.07) is 17.4. The Hall–Kier alpha value is -4.91. The van der Waals surface area contributed by atoms with E-state index in [0.717, 1.165) is 78.8 Å². The molecule has 9 heteroatoms. The molecule has 2 aromatic carbocycles. The van der Waals surface area contributed by atoms with E-state index in [0.29, 0.717) is 31.0 Å². The molecule has 4 aliphatic rings. The van der Waals surface area contributed by atoms with Crippen LogP contribution in [0.1, 0.15) is 120 Å². The standard InChI is InChI=1S/C51H61N3O6/c1-5-11-41(45(56)28-39-24-36(30-54-39)31(2)3)35-23-38(51(19-9-10-20-51)37-18-21-53-48(52)27-37)22-33-14-16-40(32-12-7-6-8-13-32)42-29-46(57)47(60-4)26-34(42)15-17-44(55)50(59)49(58)43(33)25-35/h6-8,12-13,18,21,24,26-27,29-31,33,35,38,40-41,43,45,50,56,59H,5,9-11,15,17,19-20,22-23,25,28H2,1-4H3,(H2-,52,53,57)/p+1. The second-order valence-corrected chi connectivity index (χ2v) is 18.1. The maximum absolute atomic E-state index is 14.9. The lowest BCUT2D eigenvalue weighted by molar-refractivity contribution is -0.142. The number of aromatic nitrogens is 1. The molecule has 0 saturated heterocycles. The number of aryl methyl sites for hydroxylation is 1. The molecule has 8 unspecified atom stereocenters. The minimum Gasteiger partial charge on any atom is -0.504 e. The Morgan fingerprint density at radius 3 is 2.47 bits per heavy atom. The Balaban J connectivity index is 1.39. The molecule has 0 radical (unpaired) electrons. The number of carbonyl (C=O) groups excluding carboxylic acids is 2. The Morgan fingerprint density at radius 2 is 1.78 bits per heavy atom. The number of benzene rings is 2. The van der Waals surface area contributed by atoms with E-state index in [9.17, 15) is 24.9 Å². The zero-order valence-electron chi connectivity index (χ0n) is 35.6. The zero-order valence-corrected chi connectivity index (χ0v) is 35.6. The largest absolute Gasteiger partial charge is 0.504 e. The number of aliphatic hydroxyl groups is 2. The molecular weight excluding hydrogens is 751 g/mol. The third-order valence-electron chi connectivity index (χ3n) is 14.2. The highest BCUT2D eigenvalue weighted by molar-refractivity contribution is 6.06. The normalized spacial score (nSPS) is 26.4. The van der Waals surface area contributed by atoms with Crippen LogP contribution in [0.4, 0.5) is 5.82 Å². The van der Waals surface area contributed by atoms with Gasteiger partial charge in [0.25, 0.3) is 0 Å². The maximum atomic E-state index is 14.9. The molecule has 60 heavy (non-hydrogen) atoms. The molecule has 0 bridgehead atoms. The van der Waals surface area contributed by atoms with Crippen LogP contribution >= 0.6 is 0 Å². The number of aliphatic hydroxyl groups excluding tert-OH is 2. The molecule has 3 aliphatic carbocycles. The van der Waals surface area contributed by atoms with E-state index in [4.69, 9.17) is 15.5 Å². The van der Waals surface area contributed by atoms with E-state index in [1.54, 1.807) is 18.3 Å². The number of nitrogens with two attached hydrogens (primary N) is 1. The highest BCUT2D eigenvalue weighted by Gasteiger charge is 2.50. The van der Waals surface area contributed by atoms with Crippen LogP contribution in [0.3, 0.4) is 0 Å². The number of rotatable bonds is 11. The summed E-state index contributed by atoms with van der Waals surface area (Å²) in [6.45, 7) is 6.41. The van der Waals surface area contributed by atoms with Crippen molar-refractivity contribution in [2.75, 3.05) is 12.8 Å². The lowest BCUT2D eigenvalue weighted by Crippen LogP contribution is -2.39. The van der Waals surface area contributed by atoms with E-state index in [1.807, 2.05) is 42.6 Å².